The fraction of sp³-hybridized carbons (Fsp3) is 0.500. The van der Waals surface area contributed by atoms with Crippen molar-refractivity contribution in [3.8, 4) is 0 Å². The van der Waals surface area contributed by atoms with Crippen LogP contribution in [0, 0.1) is 5.92 Å². The Morgan fingerprint density at radius 2 is 1.83 bits per heavy atom. The molecule has 1 fully saturated rings. The van der Waals surface area contributed by atoms with Gasteiger partial charge in [-0.3, -0.25) is 14.4 Å². The van der Waals surface area contributed by atoms with Gasteiger partial charge in [0.05, 0.1) is 6.54 Å². The Morgan fingerprint density at radius 1 is 1.10 bits per heavy atom. The highest BCUT2D eigenvalue weighted by molar-refractivity contribution is 5.97. The highest BCUT2D eigenvalue weighted by atomic mass is 16.2. The summed E-state index contributed by atoms with van der Waals surface area (Å²) in [6.45, 7) is 5.61. The first kappa shape index (κ1) is 20.9. The molecule has 0 saturated heterocycles. The maximum atomic E-state index is 12.4. The zero-order valence-electron chi connectivity index (χ0n) is 17.2. The molecule has 1 aliphatic rings. The molecule has 156 valence electrons. The van der Waals surface area contributed by atoms with Gasteiger partial charge in [-0.25, -0.2) is 0 Å². The Bertz CT molecular complexity index is 879. The highest BCUT2D eigenvalue weighted by Crippen LogP contribution is 2.24. The zero-order chi connectivity index (χ0) is 20.8. The second-order valence-corrected chi connectivity index (χ2v) is 7.53. The molecule has 1 aromatic carbocycles. The Morgan fingerprint density at radius 3 is 2.52 bits per heavy atom. The fourth-order valence-electron chi connectivity index (χ4n) is 3.94. The first-order valence-corrected chi connectivity index (χ1v) is 10.5. The first-order valence-electron chi connectivity index (χ1n) is 10.5. The van der Waals surface area contributed by atoms with Gasteiger partial charge in [-0.05, 0) is 51.0 Å². The number of hydrogen-bond donors (Lipinski definition) is 2. The summed E-state index contributed by atoms with van der Waals surface area (Å²) in [4.78, 5) is 38.4. The van der Waals surface area contributed by atoms with E-state index in [1.165, 1.54) is 0 Å². The average Bonchev–Trinajstić information content (AvgIpc) is 3.37. The Hall–Kier alpha value is -2.83. The number of carbonyl (C=O) groups is 3. The zero-order valence-corrected chi connectivity index (χ0v) is 17.2. The number of fused-ring (bicyclic) bond motifs is 1. The second-order valence-electron chi connectivity index (χ2n) is 7.53. The van der Waals surface area contributed by atoms with Gasteiger partial charge in [-0.1, -0.05) is 12.8 Å². The van der Waals surface area contributed by atoms with Crippen molar-refractivity contribution >= 4 is 34.3 Å². The van der Waals surface area contributed by atoms with E-state index in [1.54, 1.807) is 4.90 Å². The van der Waals surface area contributed by atoms with Crippen LogP contribution in [0.2, 0.25) is 0 Å². The third kappa shape index (κ3) is 5.16. The lowest BCUT2D eigenvalue weighted by molar-refractivity contribution is -0.131. The van der Waals surface area contributed by atoms with Gasteiger partial charge in [0.2, 0.25) is 17.7 Å². The van der Waals surface area contributed by atoms with Crippen LogP contribution in [-0.4, -0.2) is 46.8 Å². The Kier molecular flexibility index (Phi) is 6.90. The lowest BCUT2D eigenvalue weighted by Crippen LogP contribution is -2.36. The van der Waals surface area contributed by atoms with Crippen LogP contribution in [0.25, 0.3) is 10.9 Å². The summed E-state index contributed by atoms with van der Waals surface area (Å²) in [5, 5.41) is 6.51. The second kappa shape index (κ2) is 9.58. The quantitative estimate of drug-likeness (QED) is 0.717. The van der Waals surface area contributed by atoms with Crippen molar-refractivity contribution in [3.05, 3.63) is 30.5 Å². The number of nitrogens with one attached hydrogen (secondary N) is 2. The van der Waals surface area contributed by atoms with E-state index in [0.717, 1.165) is 36.6 Å². The molecular weight excluding hydrogens is 368 g/mol. The van der Waals surface area contributed by atoms with Gasteiger partial charge in [0, 0.05) is 41.8 Å². The Labute approximate surface area is 171 Å². The highest BCUT2D eigenvalue weighted by Gasteiger charge is 2.22. The van der Waals surface area contributed by atoms with E-state index in [9.17, 15) is 14.4 Å². The number of likely N-dealkylation sites (N-methyl/N-ethyl adjacent to an activating group) is 1. The van der Waals surface area contributed by atoms with E-state index in [4.69, 9.17) is 0 Å². The molecule has 2 aromatic rings. The van der Waals surface area contributed by atoms with E-state index in [-0.39, 0.29) is 30.2 Å². The number of amides is 3. The molecule has 7 heteroatoms. The lowest BCUT2D eigenvalue weighted by Gasteiger charge is -2.19. The average molecular weight is 399 g/mol. The standard InChI is InChI=1S/C22H30N4O3/c1-3-25(4-2)21(28)15-26-12-11-17-13-18(9-10-19(17)26)24-20(27)14-23-22(29)16-7-5-6-8-16/h9-13,16H,3-8,14-15H2,1-2H3,(H,23,29)(H,24,27). The molecule has 0 bridgehead atoms. The predicted octanol–water partition coefficient (Wildman–Crippen LogP) is 2.75. The molecule has 2 N–H and O–H groups in total. The number of carbonyl (C=O) groups excluding carboxylic acids is 3. The maximum Gasteiger partial charge on any atom is 0.243 e. The molecule has 7 nitrogen and oxygen atoms in total. The van der Waals surface area contributed by atoms with Crippen LogP contribution in [0.1, 0.15) is 39.5 Å². The number of hydrogen-bond acceptors (Lipinski definition) is 3. The van der Waals surface area contributed by atoms with E-state index in [0.29, 0.717) is 25.3 Å². The minimum absolute atomic E-state index is 0.0211. The summed E-state index contributed by atoms with van der Waals surface area (Å²) in [6.07, 6.45) is 5.89. The molecule has 1 aromatic heterocycles. The fourth-order valence-corrected chi connectivity index (χ4v) is 3.94. The van der Waals surface area contributed by atoms with Crippen LogP contribution in [0.4, 0.5) is 5.69 Å². The van der Waals surface area contributed by atoms with Crippen molar-refractivity contribution in [1.82, 2.24) is 14.8 Å². The van der Waals surface area contributed by atoms with Gasteiger partial charge in [-0.2, -0.15) is 0 Å². The van der Waals surface area contributed by atoms with Crippen molar-refractivity contribution in [2.75, 3.05) is 25.0 Å². The molecule has 29 heavy (non-hydrogen) atoms. The van der Waals surface area contributed by atoms with Gasteiger partial charge in [0.15, 0.2) is 0 Å². The largest absolute Gasteiger partial charge is 0.347 e. The maximum absolute atomic E-state index is 12.4. The molecule has 0 radical (unpaired) electrons. The van der Waals surface area contributed by atoms with Crippen LogP contribution in [0.15, 0.2) is 30.5 Å². The molecule has 3 amide bonds. The van der Waals surface area contributed by atoms with Crippen molar-refractivity contribution in [1.29, 1.82) is 0 Å². The van der Waals surface area contributed by atoms with Crippen LogP contribution in [0.3, 0.4) is 0 Å². The van der Waals surface area contributed by atoms with E-state index >= 15 is 0 Å². The van der Waals surface area contributed by atoms with E-state index in [1.807, 2.05) is 48.9 Å². The molecule has 0 aliphatic heterocycles. The van der Waals surface area contributed by atoms with Gasteiger partial charge in [0.25, 0.3) is 0 Å². The van der Waals surface area contributed by atoms with Gasteiger partial charge < -0.3 is 20.1 Å². The van der Waals surface area contributed by atoms with Crippen LogP contribution in [0.5, 0.6) is 0 Å². The minimum atomic E-state index is -0.244. The molecule has 0 atom stereocenters. The van der Waals surface area contributed by atoms with Crippen molar-refractivity contribution in [3.63, 3.8) is 0 Å². The molecule has 0 unspecified atom stereocenters. The number of nitrogens with zero attached hydrogens (tertiary/aromatic N) is 2. The van der Waals surface area contributed by atoms with Gasteiger partial charge >= 0.3 is 0 Å². The van der Waals surface area contributed by atoms with Gasteiger partial charge in [0.1, 0.15) is 6.54 Å². The summed E-state index contributed by atoms with van der Waals surface area (Å²) in [7, 11) is 0. The van der Waals surface area contributed by atoms with Crippen LogP contribution >= 0.6 is 0 Å². The van der Waals surface area contributed by atoms with Crippen LogP contribution in [-0.2, 0) is 20.9 Å². The third-order valence-electron chi connectivity index (χ3n) is 5.63. The molecule has 1 aliphatic carbocycles. The predicted molar refractivity (Wildman–Crippen MR) is 113 cm³/mol. The summed E-state index contributed by atoms with van der Waals surface area (Å²) in [6, 6.07) is 7.53. The minimum Gasteiger partial charge on any atom is -0.347 e. The lowest BCUT2D eigenvalue weighted by atomic mass is 10.1. The normalized spacial score (nSPS) is 14.1. The molecule has 3 rings (SSSR count). The number of benzene rings is 1. The van der Waals surface area contributed by atoms with Crippen molar-refractivity contribution < 1.29 is 14.4 Å². The molecule has 1 saturated carbocycles. The van der Waals surface area contributed by atoms with Crippen LogP contribution < -0.4 is 10.6 Å². The summed E-state index contributed by atoms with van der Waals surface area (Å²) in [5.41, 5.74) is 1.61. The summed E-state index contributed by atoms with van der Waals surface area (Å²) < 4.78 is 1.92. The Balaban J connectivity index is 1.58. The smallest absolute Gasteiger partial charge is 0.243 e. The summed E-state index contributed by atoms with van der Waals surface area (Å²) >= 11 is 0. The monoisotopic (exact) mass is 398 g/mol. The number of rotatable bonds is 8. The van der Waals surface area contributed by atoms with E-state index in [2.05, 4.69) is 10.6 Å². The van der Waals surface area contributed by atoms with Crippen molar-refractivity contribution in [2.24, 2.45) is 5.92 Å². The molecule has 0 spiro atoms. The SMILES string of the molecule is CCN(CC)C(=O)Cn1ccc2cc(NC(=O)CNC(=O)C3CCCC3)ccc21. The topological polar surface area (TPSA) is 83.4 Å². The first-order chi connectivity index (χ1) is 14.0. The third-order valence-corrected chi connectivity index (χ3v) is 5.63. The summed E-state index contributed by atoms with van der Waals surface area (Å²) in [5.74, 6) is -0.129. The van der Waals surface area contributed by atoms with E-state index < -0.39 is 0 Å². The van der Waals surface area contributed by atoms with Gasteiger partial charge in [-0.15, -0.1) is 0 Å². The molecule has 1 heterocycles. The van der Waals surface area contributed by atoms with Crippen molar-refractivity contribution in [2.45, 2.75) is 46.1 Å². The number of aromatic nitrogens is 1. The molecular formula is C22H30N4O3. The number of anilines is 1.